The van der Waals surface area contributed by atoms with Gasteiger partial charge in [0.15, 0.2) is 11.0 Å². The summed E-state index contributed by atoms with van der Waals surface area (Å²) in [6.07, 6.45) is 1.61. The molecule has 1 amide bonds. The maximum atomic E-state index is 13.2. The minimum Gasteiger partial charge on any atom is -0.469 e. The topological polar surface area (TPSA) is 73.0 Å². The van der Waals surface area contributed by atoms with Gasteiger partial charge in [0.05, 0.1) is 17.6 Å². The highest BCUT2D eigenvalue weighted by atomic mass is 32.2. The highest BCUT2D eigenvalue weighted by Crippen LogP contribution is 2.27. The normalized spacial score (nSPS) is 10.8. The summed E-state index contributed by atoms with van der Waals surface area (Å²) in [6.45, 7) is 4.52. The van der Waals surface area contributed by atoms with Crippen molar-refractivity contribution in [2.75, 3.05) is 11.1 Å². The molecule has 1 aromatic carbocycles. The lowest BCUT2D eigenvalue weighted by Crippen LogP contribution is -2.14. The van der Waals surface area contributed by atoms with E-state index in [4.69, 9.17) is 4.42 Å². The molecule has 1 N–H and O–H groups in total. The Kier molecular flexibility index (Phi) is 5.18. The number of carbonyl (C=O) groups excluding carboxylic acids is 1. The van der Waals surface area contributed by atoms with E-state index in [0.717, 1.165) is 11.3 Å². The van der Waals surface area contributed by atoms with Gasteiger partial charge in [-0.25, -0.2) is 4.39 Å². The van der Waals surface area contributed by atoms with E-state index in [0.29, 0.717) is 23.2 Å². The number of hydrogen-bond acceptors (Lipinski definition) is 5. The molecular weight excluding hydrogens is 343 g/mol. The second kappa shape index (κ2) is 7.52. The molecule has 2 heterocycles. The summed E-state index contributed by atoms with van der Waals surface area (Å²) < 4.78 is 20.4. The number of anilines is 1. The third-order valence-corrected chi connectivity index (χ3v) is 4.54. The minimum absolute atomic E-state index is 0.152. The Morgan fingerprint density at radius 2 is 2.20 bits per heavy atom. The third kappa shape index (κ3) is 3.90. The number of aryl methyl sites for hydroxylation is 1. The van der Waals surface area contributed by atoms with Crippen molar-refractivity contribution >= 4 is 23.4 Å². The SMILES string of the molecule is CCn1c(SCC(=O)Nc2cccc(F)c2)nnc1-c1ccoc1C. The molecule has 2 aromatic heterocycles. The monoisotopic (exact) mass is 360 g/mol. The lowest BCUT2D eigenvalue weighted by molar-refractivity contribution is -0.113. The molecule has 0 aliphatic heterocycles. The predicted octanol–water partition coefficient (Wildman–Crippen LogP) is 3.74. The number of amides is 1. The van der Waals surface area contributed by atoms with Gasteiger partial charge in [-0.15, -0.1) is 10.2 Å². The van der Waals surface area contributed by atoms with Crippen LogP contribution >= 0.6 is 11.8 Å². The average molecular weight is 360 g/mol. The Hall–Kier alpha value is -2.61. The van der Waals surface area contributed by atoms with Crippen LogP contribution in [-0.2, 0) is 11.3 Å². The summed E-state index contributed by atoms with van der Waals surface area (Å²) >= 11 is 1.28. The summed E-state index contributed by atoms with van der Waals surface area (Å²) in [5, 5.41) is 11.7. The third-order valence-electron chi connectivity index (χ3n) is 3.57. The van der Waals surface area contributed by atoms with Gasteiger partial charge in [-0.05, 0) is 38.1 Å². The Labute approximate surface area is 148 Å². The van der Waals surface area contributed by atoms with Crippen molar-refractivity contribution in [3.63, 3.8) is 0 Å². The minimum atomic E-state index is -0.392. The smallest absolute Gasteiger partial charge is 0.234 e. The highest BCUT2D eigenvalue weighted by Gasteiger charge is 2.17. The molecule has 0 atom stereocenters. The number of thioether (sulfide) groups is 1. The molecule has 8 heteroatoms. The molecule has 6 nitrogen and oxygen atoms in total. The van der Waals surface area contributed by atoms with E-state index in [1.165, 1.54) is 23.9 Å². The second-order valence-corrected chi connectivity index (χ2v) is 6.23. The van der Waals surface area contributed by atoms with Crippen molar-refractivity contribution in [2.24, 2.45) is 0 Å². The van der Waals surface area contributed by atoms with E-state index < -0.39 is 5.82 Å². The zero-order chi connectivity index (χ0) is 17.8. The first-order valence-corrected chi connectivity index (χ1v) is 8.73. The number of benzene rings is 1. The number of halogens is 1. The number of furan rings is 1. The van der Waals surface area contributed by atoms with Crippen molar-refractivity contribution in [2.45, 2.75) is 25.5 Å². The highest BCUT2D eigenvalue weighted by molar-refractivity contribution is 7.99. The zero-order valence-corrected chi connectivity index (χ0v) is 14.6. The van der Waals surface area contributed by atoms with Gasteiger partial charge < -0.3 is 14.3 Å². The van der Waals surface area contributed by atoms with Gasteiger partial charge in [-0.2, -0.15) is 0 Å². The Balaban J connectivity index is 1.68. The van der Waals surface area contributed by atoms with Crippen LogP contribution in [0.15, 0.2) is 46.2 Å². The fourth-order valence-electron chi connectivity index (χ4n) is 2.39. The fraction of sp³-hybridized carbons (Fsp3) is 0.235. The van der Waals surface area contributed by atoms with Gasteiger partial charge in [0, 0.05) is 12.2 Å². The van der Waals surface area contributed by atoms with E-state index in [9.17, 15) is 9.18 Å². The molecule has 3 aromatic rings. The molecular formula is C17H17FN4O2S. The summed E-state index contributed by atoms with van der Waals surface area (Å²) in [6, 6.07) is 7.63. The van der Waals surface area contributed by atoms with Crippen LogP contribution in [0.2, 0.25) is 0 Å². The summed E-state index contributed by atoms with van der Waals surface area (Å²) in [5.41, 5.74) is 1.31. The molecule has 130 valence electrons. The van der Waals surface area contributed by atoms with E-state index in [1.54, 1.807) is 18.4 Å². The van der Waals surface area contributed by atoms with Gasteiger partial charge in [-0.3, -0.25) is 4.79 Å². The lowest BCUT2D eigenvalue weighted by atomic mass is 10.2. The summed E-state index contributed by atoms with van der Waals surface area (Å²) in [4.78, 5) is 12.1. The van der Waals surface area contributed by atoms with Crippen LogP contribution in [0.4, 0.5) is 10.1 Å². The summed E-state index contributed by atoms with van der Waals surface area (Å²) in [7, 11) is 0. The average Bonchev–Trinajstić information content (AvgIpc) is 3.18. The maximum absolute atomic E-state index is 13.2. The number of nitrogens with zero attached hydrogens (tertiary/aromatic N) is 3. The maximum Gasteiger partial charge on any atom is 0.234 e. The fourth-order valence-corrected chi connectivity index (χ4v) is 3.19. The molecule has 25 heavy (non-hydrogen) atoms. The lowest BCUT2D eigenvalue weighted by Gasteiger charge is -2.07. The van der Waals surface area contributed by atoms with Crippen LogP contribution in [0.5, 0.6) is 0 Å². The molecule has 0 aliphatic carbocycles. The summed E-state index contributed by atoms with van der Waals surface area (Å²) in [5.74, 6) is 1.00. The molecule has 0 unspecified atom stereocenters. The standard InChI is InChI=1S/C17H17FN4O2S/c1-3-22-16(14-7-8-24-11(14)2)20-21-17(22)25-10-15(23)19-13-6-4-5-12(18)9-13/h4-9H,3,10H2,1-2H3,(H,19,23). The van der Waals surface area contributed by atoms with E-state index >= 15 is 0 Å². The Morgan fingerprint density at radius 3 is 2.88 bits per heavy atom. The first kappa shape index (κ1) is 17.2. The van der Waals surface area contributed by atoms with Gasteiger partial charge in [0.25, 0.3) is 0 Å². The van der Waals surface area contributed by atoms with Crippen molar-refractivity contribution < 1.29 is 13.6 Å². The van der Waals surface area contributed by atoms with Gasteiger partial charge in [0.2, 0.25) is 5.91 Å². The first-order valence-electron chi connectivity index (χ1n) is 7.74. The van der Waals surface area contributed by atoms with E-state index in [1.807, 2.05) is 24.5 Å². The number of carbonyl (C=O) groups is 1. The van der Waals surface area contributed by atoms with Crippen molar-refractivity contribution in [3.05, 3.63) is 48.2 Å². The first-order chi connectivity index (χ1) is 12.1. The molecule has 0 radical (unpaired) electrons. The molecule has 0 aliphatic rings. The predicted molar refractivity (Wildman–Crippen MR) is 93.9 cm³/mol. The van der Waals surface area contributed by atoms with Crippen LogP contribution in [0.1, 0.15) is 12.7 Å². The second-order valence-electron chi connectivity index (χ2n) is 5.29. The van der Waals surface area contributed by atoms with E-state index in [-0.39, 0.29) is 11.7 Å². The number of nitrogens with one attached hydrogen (secondary N) is 1. The van der Waals surface area contributed by atoms with Crippen LogP contribution in [0.3, 0.4) is 0 Å². The Morgan fingerprint density at radius 1 is 1.36 bits per heavy atom. The molecule has 0 spiro atoms. The Bertz CT molecular complexity index is 890. The van der Waals surface area contributed by atoms with Crippen LogP contribution in [0.25, 0.3) is 11.4 Å². The molecule has 3 rings (SSSR count). The van der Waals surface area contributed by atoms with Crippen molar-refractivity contribution in [1.82, 2.24) is 14.8 Å². The van der Waals surface area contributed by atoms with Crippen molar-refractivity contribution in [3.8, 4) is 11.4 Å². The van der Waals surface area contributed by atoms with Gasteiger partial charge in [-0.1, -0.05) is 17.8 Å². The molecule has 0 bridgehead atoms. The van der Waals surface area contributed by atoms with Crippen LogP contribution < -0.4 is 5.32 Å². The van der Waals surface area contributed by atoms with Gasteiger partial charge >= 0.3 is 0 Å². The number of rotatable bonds is 6. The molecule has 0 fully saturated rings. The quantitative estimate of drug-likeness (QED) is 0.678. The molecule has 0 saturated carbocycles. The van der Waals surface area contributed by atoms with Crippen LogP contribution in [0, 0.1) is 12.7 Å². The largest absolute Gasteiger partial charge is 0.469 e. The zero-order valence-electron chi connectivity index (χ0n) is 13.8. The van der Waals surface area contributed by atoms with Crippen LogP contribution in [-0.4, -0.2) is 26.4 Å². The van der Waals surface area contributed by atoms with Gasteiger partial charge in [0.1, 0.15) is 11.6 Å². The molecule has 0 saturated heterocycles. The van der Waals surface area contributed by atoms with E-state index in [2.05, 4.69) is 15.5 Å². The van der Waals surface area contributed by atoms with Crippen molar-refractivity contribution in [1.29, 1.82) is 0 Å². The number of hydrogen-bond donors (Lipinski definition) is 1. The number of aromatic nitrogens is 3.